The van der Waals surface area contributed by atoms with Crippen LogP contribution < -0.4 is 5.32 Å². The predicted octanol–water partition coefficient (Wildman–Crippen LogP) is 3.16. The van der Waals surface area contributed by atoms with Gasteiger partial charge in [-0.3, -0.25) is 4.68 Å². The van der Waals surface area contributed by atoms with Gasteiger partial charge in [-0.05, 0) is 37.6 Å². The second kappa shape index (κ2) is 5.91. The standard InChI is InChI=1S/C15H17FN4S/c1-3-20-15(18-9-19-20)8-12(17-2)14-6-10-4-5-11(16)7-13(10)21-14/h4-7,9,12,17H,3,8H2,1-2H3. The first-order valence-corrected chi connectivity index (χ1v) is 7.76. The molecule has 0 aliphatic rings. The second-order valence-electron chi connectivity index (χ2n) is 4.87. The van der Waals surface area contributed by atoms with Crippen LogP contribution in [0.25, 0.3) is 10.1 Å². The maximum atomic E-state index is 13.3. The van der Waals surface area contributed by atoms with Crippen LogP contribution in [0.5, 0.6) is 0 Å². The van der Waals surface area contributed by atoms with Crippen LogP contribution in [0.4, 0.5) is 4.39 Å². The zero-order valence-corrected chi connectivity index (χ0v) is 12.8. The average Bonchev–Trinajstić information content (AvgIpc) is 3.09. The fraction of sp³-hybridized carbons (Fsp3) is 0.333. The van der Waals surface area contributed by atoms with Crippen LogP contribution >= 0.6 is 11.3 Å². The van der Waals surface area contributed by atoms with Crippen molar-refractivity contribution in [3.05, 3.63) is 47.1 Å². The van der Waals surface area contributed by atoms with Crippen molar-refractivity contribution in [3.8, 4) is 0 Å². The summed E-state index contributed by atoms with van der Waals surface area (Å²) in [6, 6.07) is 7.19. The fourth-order valence-electron chi connectivity index (χ4n) is 2.44. The second-order valence-corrected chi connectivity index (χ2v) is 5.98. The highest BCUT2D eigenvalue weighted by Gasteiger charge is 2.16. The monoisotopic (exact) mass is 304 g/mol. The number of aromatic nitrogens is 3. The number of nitrogens with one attached hydrogen (secondary N) is 1. The van der Waals surface area contributed by atoms with Gasteiger partial charge in [0.05, 0.1) is 0 Å². The molecule has 0 amide bonds. The number of rotatable bonds is 5. The minimum Gasteiger partial charge on any atom is -0.312 e. The first-order chi connectivity index (χ1) is 10.2. The average molecular weight is 304 g/mol. The number of fused-ring (bicyclic) bond motifs is 1. The summed E-state index contributed by atoms with van der Waals surface area (Å²) >= 11 is 1.62. The van der Waals surface area contributed by atoms with Gasteiger partial charge < -0.3 is 5.32 Å². The van der Waals surface area contributed by atoms with Crippen molar-refractivity contribution in [2.45, 2.75) is 25.9 Å². The van der Waals surface area contributed by atoms with E-state index in [2.05, 4.69) is 28.4 Å². The molecule has 1 aromatic carbocycles. The third-order valence-corrected chi connectivity index (χ3v) is 4.79. The Kier molecular flexibility index (Phi) is 3.98. The molecule has 0 fully saturated rings. The third-order valence-electron chi connectivity index (χ3n) is 3.58. The molecule has 3 rings (SSSR count). The Balaban J connectivity index is 1.90. The summed E-state index contributed by atoms with van der Waals surface area (Å²) in [7, 11) is 1.93. The van der Waals surface area contributed by atoms with Crippen LogP contribution in [0.3, 0.4) is 0 Å². The molecule has 6 heteroatoms. The highest BCUT2D eigenvalue weighted by atomic mass is 32.1. The number of likely N-dealkylation sites (N-methyl/N-ethyl adjacent to an activating group) is 1. The lowest BCUT2D eigenvalue weighted by molar-refractivity contribution is 0.539. The Labute approximate surface area is 126 Å². The maximum absolute atomic E-state index is 13.3. The van der Waals surface area contributed by atoms with Gasteiger partial charge in [-0.25, -0.2) is 9.37 Å². The van der Waals surface area contributed by atoms with Gasteiger partial charge in [-0.1, -0.05) is 6.07 Å². The SMILES string of the molecule is CCn1ncnc1CC(NC)c1cc2ccc(F)cc2s1. The molecule has 110 valence electrons. The van der Waals surface area contributed by atoms with E-state index in [9.17, 15) is 4.39 Å². The van der Waals surface area contributed by atoms with Crippen molar-refractivity contribution in [2.24, 2.45) is 0 Å². The topological polar surface area (TPSA) is 42.7 Å². The fourth-order valence-corrected chi connectivity index (χ4v) is 3.63. The van der Waals surface area contributed by atoms with E-state index in [1.807, 2.05) is 17.8 Å². The molecule has 0 bridgehead atoms. The van der Waals surface area contributed by atoms with Gasteiger partial charge in [0.25, 0.3) is 0 Å². The van der Waals surface area contributed by atoms with Gasteiger partial charge in [0.1, 0.15) is 18.0 Å². The van der Waals surface area contributed by atoms with E-state index in [4.69, 9.17) is 0 Å². The Hall–Kier alpha value is -1.79. The molecular formula is C15H17FN4S. The van der Waals surface area contributed by atoms with Crippen LogP contribution in [0.1, 0.15) is 23.7 Å². The summed E-state index contributed by atoms with van der Waals surface area (Å²) in [6.07, 6.45) is 2.35. The molecule has 2 aromatic heterocycles. The minimum absolute atomic E-state index is 0.153. The Morgan fingerprint density at radius 3 is 3.00 bits per heavy atom. The van der Waals surface area contributed by atoms with Crippen molar-refractivity contribution in [2.75, 3.05) is 7.05 Å². The number of halogens is 1. The number of benzene rings is 1. The molecule has 4 nitrogen and oxygen atoms in total. The summed E-state index contributed by atoms with van der Waals surface area (Å²) in [4.78, 5) is 5.51. The van der Waals surface area contributed by atoms with E-state index in [1.54, 1.807) is 23.7 Å². The van der Waals surface area contributed by atoms with Crippen molar-refractivity contribution in [1.82, 2.24) is 20.1 Å². The van der Waals surface area contributed by atoms with Crippen molar-refractivity contribution < 1.29 is 4.39 Å². The van der Waals surface area contributed by atoms with E-state index in [-0.39, 0.29) is 11.9 Å². The smallest absolute Gasteiger partial charge is 0.138 e. The zero-order valence-electron chi connectivity index (χ0n) is 12.0. The molecule has 1 unspecified atom stereocenters. The zero-order chi connectivity index (χ0) is 14.8. The number of hydrogen-bond donors (Lipinski definition) is 1. The molecule has 0 saturated heterocycles. The van der Waals surface area contributed by atoms with Crippen molar-refractivity contribution in [1.29, 1.82) is 0 Å². The summed E-state index contributed by atoms with van der Waals surface area (Å²) in [5, 5.41) is 8.60. The summed E-state index contributed by atoms with van der Waals surface area (Å²) < 4.78 is 16.2. The van der Waals surface area contributed by atoms with Crippen LogP contribution in [-0.2, 0) is 13.0 Å². The van der Waals surface area contributed by atoms with Gasteiger partial charge in [-0.15, -0.1) is 11.3 Å². The Bertz CT molecular complexity index is 749. The Morgan fingerprint density at radius 2 is 2.24 bits per heavy atom. The molecular weight excluding hydrogens is 287 g/mol. The molecule has 0 saturated carbocycles. The number of nitrogens with zero attached hydrogens (tertiary/aromatic N) is 3. The van der Waals surface area contributed by atoms with Crippen LogP contribution in [0.15, 0.2) is 30.6 Å². The van der Waals surface area contributed by atoms with Gasteiger partial charge in [0, 0.05) is 28.6 Å². The van der Waals surface area contributed by atoms with E-state index in [0.717, 1.165) is 28.9 Å². The normalized spacial score (nSPS) is 12.9. The molecule has 2 heterocycles. The molecule has 0 aliphatic heterocycles. The minimum atomic E-state index is -0.192. The first kappa shape index (κ1) is 14.2. The van der Waals surface area contributed by atoms with Crippen LogP contribution in [-0.4, -0.2) is 21.8 Å². The molecule has 1 atom stereocenters. The summed E-state index contributed by atoms with van der Waals surface area (Å²) in [6.45, 7) is 2.86. The number of hydrogen-bond acceptors (Lipinski definition) is 4. The lowest BCUT2D eigenvalue weighted by atomic mass is 10.1. The van der Waals surface area contributed by atoms with E-state index in [1.165, 1.54) is 10.9 Å². The quantitative estimate of drug-likeness (QED) is 0.787. The van der Waals surface area contributed by atoms with E-state index in [0.29, 0.717) is 0 Å². The van der Waals surface area contributed by atoms with Crippen LogP contribution in [0.2, 0.25) is 0 Å². The van der Waals surface area contributed by atoms with E-state index >= 15 is 0 Å². The van der Waals surface area contributed by atoms with Gasteiger partial charge in [-0.2, -0.15) is 5.10 Å². The highest BCUT2D eigenvalue weighted by Crippen LogP contribution is 2.31. The highest BCUT2D eigenvalue weighted by molar-refractivity contribution is 7.19. The van der Waals surface area contributed by atoms with Crippen molar-refractivity contribution >= 4 is 21.4 Å². The molecule has 0 aliphatic carbocycles. The Morgan fingerprint density at radius 1 is 1.38 bits per heavy atom. The molecule has 1 N–H and O–H groups in total. The molecule has 0 radical (unpaired) electrons. The summed E-state index contributed by atoms with van der Waals surface area (Å²) in [5.74, 6) is 0.767. The van der Waals surface area contributed by atoms with Crippen LogP contribution in [0, 0.1) is 5.82 Å². The third kappa shape index (κ3) is 2.82. The number of aryl methyl sites for hydroxylation is 1. The van der Waals surface area contributed by atoms with Gasteiger partial charge >= 0.3 is 0 Å². The lowest BCUT2D eigenvalue weighted by Crippen LogP contribution is -2.20. The lowest BCUT2D eigenvalue weighted by Gasteiger charge is -2.14. The molecule has 21 heavy (non-hydrogen) atoms. The largest absolute Gasteiger partial charge is 0.312 e. The predicted molar refractivity (Wildman–Crippen MR) is 83.0 cm³/mol. The molecule has 0 spiro atoms. The molecule has 3 aromatic rings. The van der Waals surface area contributed by atoms with Gasteiger partial charge in [0.15, 0.2) is 0 Å². The maximum Gasteiger partial charge on any atom is 0.138 e. The van der Waals surface area contributed by atoms with Gasteiger partial charge in [0.2, 0.25) is 0 Å². The number of thiophene rings is 1. The summed E-state index contributed by atoms with van der Waals surface area (Å²) in [5.41, 5.74) is 0. The van der Waals surface area contributed by atoms with E-state index < -0.39 is 0 Å². The first-order valence-electron chi connectivity index (χ1n) is 6.94. The van der Waals surface area contributed by atoms with Crippen molar-refractivity contribution in [3.63, 3.8) is 0 Å².